The average Bonchev–Trinajstić information content (AvgIpc) is 3.24. The molecule has 0 spiro atoms. The molecular formula is C24H25Cl2OSiZr. The normalized spacial score (nSPS) is 13.3. The van der Waals surface area contributed by atoms with Gasteiger partial charge >= 0.3 is 26.2 Å². The first-order valence-corrected chi connectivity index (χ1v) is 12.5. The molecule has 1 N–H and O–H groups in total. The van der Waals surface area contributed by atoms with E-state index in [0.29, 0.717) is 0 Å². The first kappa shape index (κ1) is 26.3. The fraction of sp³-hybridized carbons (Fsp3) is 0.250. The van der Waals surface area contributed by atoms with Crippen LogP contribution in [0.3, 0.4) is 0 Å². The van der Waals surface area contributed by atoms with Crippen LogP contribution in [0.1, 0.15) is 23.1 Å². The maximum Gasteiger partial charge on any atom is 3.00 e. The van der Waals surface area contributed by atoms with Gasteiger partial charge in [0.2, 0.25) is 0 Å². The minimum atomic E-state index is -1.81. The summed E-state index contributed by atoms with van der Waals surface area (Å²) in [5.74, 6) is 0. The van der Waals surface area contributed by atoms with Crippen molar-refractivity contribution in [3.05, 3.63) is 80.1 Å². The number of halogens is 2. The van der Waals surface area contributed by atoms with Gasteiger partial charge in [-0.15, -0.1) is 33.4 Å². The van der Waals surface area contributed by atoms with Crippen LogP contribution in [0, 0.1) is 17.4 Å². The summed E-state index contributed by atoms with van der Waals surface area (Å²) in [5.41, 5.74) is 5.11. The Kier molecular flexibility index (Phi) is 9.15. The molecule has 2 aromatic carbocycles. The molecule has 29 heavy (non-hydrogen) atoms. The molecule has 2 aliphatic carbocycles. The predicted molar refractivity (Wildman–Crippen MR) is 113 cm³/mol. The van der Waals surface area contributed by atoms with Gasteiger partial charge < -0.3 is 29.9 Å². The molecule has 149 valence electrons. The van der Waals surface area contributed by atoms with Crippen LogP contribution in [0.5, 0.6) is 0 Å². The molecule has 0 unspecified atom stereocenters. The molecule has 0 heterocycles. The molecule has 0 atom stereocenters. The van der Waals surface area contributed by atoms with Crippen molar-refractivity contribution in [3.8, 4) is 0 Å². The van der Waals surface area contributed by atoms with Gasteiger partial charge in [0.25, 0.3) is 0 Å². The van der Waals surface area contributed by atoms with Crippen molar-refractivity contribution in [3.63, 3.8) is 0 Å². The van der Waals surface area contributed by atoms with E-state index in [0.717, 1.165) is 17.7 Å². The van der Waals surface area contributed by atoms with Gasteiger partial charge in [0.1, 0.15) is 0 Å². The van der Waals surface area contributed by atoms with Gasteiger partial charge in [-0.1, -0.05) is 83.2 Å². The maximum atomic E-state index is 9.68. The summed E-state index contributed by atoms with van der Waals surface area (Å²) in [6.45, 7) is 11.7. The van der Waals surface area contributed by atoms with Gasteiger partial charge in [0, 0.05) is 6.61 Å². The summed E-state index contributed by atoms with van der Waals surface area (Å²) in [6.07, 6.45) is 11.2. The Bertz CT molecular complexity index is 1180. The Morgan fingerprint density at radius 2 is 1.86 bits per heavy atom. The summed E-state index contributed by atoms with van der Waals surface area (Å²) in [4.78, 5) is 0. The van der Waals surface area contributed by atoms with E-state index in [1.165, 1.54) is 43.1 Å². The number of benzene rings is 2. The molecule has 1 radical (unpaired) electrons. The fourth-order valence-corrected chi connectivity index (χ4v) is 7.41. The van der Waals surface area contributed by atoms with Gasteiger partial charge in [-0.2, -0.15) is 0 Å². The third-order valence-corrected chi connectivity index (χ3v) is 9.29. The molecular weight excluding hydrogens is 494 g/mol. The van der Waals surface area contributed by atoms with Crippen LogP contribution >= 0.6 is 0 Å². The Morgan fingerprint density at radius 3 is 2.48 bits per heavy atom. The van der Waals surface area contributed by atoms with Crippen LogP contribution in [0.2, 0.25) is 19.1 Å². The molecule has 4 rings (SSSR count). The maximum absolute atomic E-state index is 9.68. The van der Waals surface area contributed by atoms with Crippen molar-refractivity contribution in [2.75, 3.05) is 6.61 Å². The van der Waals surface area contributed by atoms with Gasteiger partial charge in [-0.3, -0.25) is 0 Å². The van der Waals surface area contributed by atoms with Crippen molar-refractivity contribution >= 4 is 31.5 Å². The number of hydrogen-bond donors (Lipinski definition) is 1. The molecule has 2 aromatic rings. The molecule has 0 fully saturated rings. The molecule has 0 aromatic heterocycles. The zero-order valence-corrected chi connectivity index (χ0v) is 22.0. The Hall–Kier alpha value is -0.700. The Balaban J connectivity index is 0.00000140. The fourth-order valence-electron chi connectivity index (χ4n) is 4.50. The summed E-state index contributed by atoms with van der Waals surface area (Å²) in [5, 5.41) is 16.1. The SMILES string of the molecule is C=c1c(C)c([Si](C)(C)CCO)c2c(c1C1=CC=CC1)[C-]=c1ccccc1=2.[Cl-].[Cl-].[Zr+3]. The molecule has 1 nitrogen and oxygen atoms in total. The molecule has 0 amide bonds. The smallest absolute Gasteiger partial charge is 1.00 e. The van der Waals surface area contributed by atoms with E-state index >= 15 is 0 Å². The van der Waals surface area contributed by atoms with Gasteiger partial charge in [0.15, 0.2) is 0 Å². The number of aliphatic hydroxyl groups excluding tert-OH is 1. The number of aliphatic hydroxyl groups is 1. The van der Waals surface area contributed by atoms with Crippen LogP contribution in [-0.4, -0.2) is 19.8 Å². The topological polar surface area (TPSA) is 20.2 Å². The number of fused-ring (bicyclic) bond motifs is 2. The van der Waals surface area contributed by atoms with Crippen molar-refractivity contribution in [2.24, 2.45) is 0 Å². The first-order chi connectivity index (χ1) is 12.5. The summed E-state index contributed by atoms with van der Waals surface area (Å²) in [6, 6.07) is 9.44. The molecule has 0 bridgehead atoms. The van der Waals surface area contributed by atoms with E-state index in [1.54, 1.807) is 0 Å². The number of allylic oxidation sites excluding steroid dienone is 4. The summed E-state index contributed by atoms with van der Waals surface area (Å²) in [7, 11) is -1.81. The van der Waals surface area contributed by atoms with E-state index < -0.39 is 8.07 Å². The second-order valence-electron chi connectivity index (χ2n) is 7.96. The van der Waals surface area contributed by atoms with Crippen LogP contribution in [0.25, 0.3) is 18.2 Å². The summed E-state index contributed by atoms with van der Waals surface area (Å²) < 4.78 is 0. The van der Waals surface area contributed by atoms with Gasteiger partial charge in [-0.05, 0) is 19.4 Å². The number of hydrogen-bond acceptors (Lipinski definition) is 1. The largest absolute Gasteiger partial charge is 3.00 e. The zero-order chi connectivity index (χ0) is 18.5. The second-order valence-corrected chi connectivity index (χ2v) is 12.7. The third-order valence-electron chi connectivity index (χ3n) is 5.84. The van der Waals surface area contributed by atoms with E-state index in [-0.39, 0.29) is 57.6 Å². The third kappa shape index (κ3) is 4.36. The van der Waals surface area contributed by atoms with Crippen molar-refractivity contribution < 1.29 is 56.1 Å². The minimum Gasteiger partial charge on any atom is -1.00 e. The van der Waals surface area contributed by atoms with Gasteiger partial charge in [-0.25, -0.2) is 0 Å². The Labute approximate surface area is 205 Å². The van der Waals surface area contributed by atoms with E-state index in [2.05, 4.69) is 75.2 Å². The predicted octanol–water partition coefficient (Wildman–Crippen LogP) is -3.03. The molecule has 2 aliphatic rings. The van der Waals surface area contributed by atoms with Crippen molar-refractivity contribution in [1.29, 1.82) is 0 Å². The van der Waals surface area contributed by atoms with Crippen LogP contribution in [-0.2, 0) is 26.2 Å². The standard InChI is InChI=1S/C24H25OSi.2ClH.Zr/c1-16-17(2)24(26(3,4)14-13-25)23-20-12-8-7-11-19(20)15-21(23)22(16)18-9-5-6-10-18;;;/h5-9,11-12,25H,1,10,13-14H2,2-4H3;2*1H;/q-1;;;+3/p-2. The average molecular weight is 520 g/mol. The molecule has 5 heteroatoms. The van der Waals surface area contributed by atoms with E-state index in [9.17, 15) is 5.11 Å². The number of rotatable bonds is 4. The molecule has 0 saturated heterocycles. The minimum absolute atomic E-state index is 0. The Morgan fingerprint density at radius 1 is 1.17 bits per heavy atom. The van der Waals surface area contributed by atoms with Crippen LogP contribution in [0.15, 0.2) is 42.5 Å². The van der Waals surface area contributed by atoms with Gasteiger partial charge in [0.05, 0.1) is 8.07 Å². The second kappa shape index (κ2) is 10.1. The molecule has 0 saturated carbocycles. The van der Waals surface area contributed by atoms with Crippen molar-refractivity contribution in [2.45, 2.75) is 32.5 Å². The zero-order valence-electron chi connectivity index (χ0n) is 17.1. The summed E-state index contributed by atoms with van der Waals surface area (Å²) >= 11 is 0. The first-order valence-electron chi connectivity index (χ1n) is 9.32. The monoisotopic (exact) mass is 517 g/mol. The quantitative estimate of drug-likeness (QED) is 0.287. The van der Waals surface area contributed by atoms with E-state index in [1.807, 2.05) is 0 Å². The molecule has 0 aliphatic heterocycles. The van der Waals surface area contributed by atoms with Crippen molar-refractivity contribution in [1.82, 2.24) is 0 Å². The van der Waals surface area contributed by atoms with Crippen LogP contribution < -0.4 is 40.4 Å². The van der Waals surface area contributed by atoms with Crippen LogP contribution in [0.4, 0.5) is 0 Å². The van der Waals surface area contributed by atoms with E-state index in [4.69, 9.17) is 0 Å².